The van der Waals surface area contributed by atoms with Crippen molar-refractivity contribution in [1.29, 1.82) is 0 Å². The van der Waals surface area contributed by atoms with E-state index < -0.39 is 15.6 Å². The molecule has 0 saturated carbocycles. The highest BCUT2D eigenvalue weighted by Gasteiger charge is 2.34. The number of thiol groups is 1. The summed E-state index contributed by atoms with van der Waals surface area (Å²) in [4.78, 5) is 18.3. The smallest absolute Gasteiger partial charge is 0.302 e. The Morgan fingerprint density at radius 3 is 2.33 bits per heavy atom. The zero-order valence-electron chi connectivity index (χ0n) is 16.5. The van der Waals surface area contributed by atoms with Crippen LogP contribution in [0.25, 0.3) is 0 Å². The summed E-state index contributed by atoms with van der Waals surface area (Å²) in [5, 5.41) is 0. The van der Waals surface area contributed by atoms with Crippen molar-refractivity contribution in [3.63, 3.8) is 0 Å². The zero-order valence-corrected chi connectivity index (χ0v) is 19.1. The maximum atomic E-state index is 11.5. The van der Waals surface area contributed by atoms with E-state index in [1.165, 1.54) is 5.57 Å². The van der Waals surface area contributed by atoms with Gasteiger partial charge >= 0.3 is 15.6 Å². The number of allylic oxidation sites excluding steroid dienone is 4. The Labute approximate surface area is 168 Å². The maximum absolute atomic E-state index is 11.5. The van der Waals surface area contributed by atoms with Crippen molar-refractivity contribution in [3.8, 4) is 0 Å². The minimum Gasteiger partial charge on any atom is -0.302 e. The molecule has 0 amide bonds. The summed E-state index contributed by atoms with van der Waals surface area (Å²) in [5.41, 5.74) is 2.51. The second kappa shape index (κ2) is 12.4. The van der Waals surface area contributed by atoms with Crippen LogP contribution >= 0.6 is 28.6 Å². The van der Waals surface area contributed by atoms with E-state index in [2.05, 4.69) is 59.1 Å². The Kier molecular flexibility index (Phi) is 12.3. The van der Waals surface area contributed by atoms with Crippen molar-refractivity contribution in [2.75, 3.05) is 6.61 Å². The first-order valence-electron chi connectivity index (χ1n) is 8.65. The molecule has 0 aromatic carbocycles. The molecule has 0 aromatic heterocycles. The predicted octanol–water partition coefficient (Wildman–Crippen LogP) is 6.14. The number of phosphoric ester groups is 1. The van der Waals surface area contributed by atoms with Gasteiger partial charge in [0.2, 0.25) is 0 Å². The maximum Gasteiger partial charge on any atom is 0.492 e. The molecule has 0 aromatic rings. The van der Waals surface area contributed by atoms with E-state index in [0.29, 0.717) is 0 Å². The van der Waals surface area contributed by atoms with E-state index in [-0.39, 0.29) is 12.0 Å². The summed E-state index contributed by atoms with van der Waals surface area (Å²) in [6, 6.07) is 0. The third kappa shape index (κ3) is 12.8. The topological polar surface area (TPSA) is 102 Å². The molecular formula is C17H32O7P2S. The highest BCUT2D eigenvalue weighted by Crippen LogP contribution is 2.60. The number of phosphoric acid groups is 2. The fourth-order valence-electron chi connectivity index (χ4n) is 2.53. The van der Waals surface area contributed by atoms with Crippen LogP contribution in [0.1, 0.15) is 59.8 Å². The fourth-order valence-corrected chi connectivity index (χ4v) is 4.41. The lowest BCUT2D eigenvalue weighted by Crippen LogP contribution is -2.14. The van der Waals surface area contributed by atoms with Crippen LogP contribution in [0.2, 0.25) is 0 Å². The Morgan fingerprint density at radius 1 is 1.19 bits per heavy atom. The molecule has 3 atom stereocenters. The first kappa shape index (κ1) is 26.8. The van der Waals surface area contributed by atoms with E-state index in [9.17, 15) is 14.0 Å². The van der Waals surface area contributed by atoms with Gasteiger partial charge in [-0.05, 0) is 57.9 Å². The van der Waals surface area contributed by atoms with Crippen LogP contribution in [-0.4, -0.2) is 16.4 Å². The third-order valence-electron chi connectivity index (χ3n) is 4.21. The molecule has 7 nitrogen and oxygen atoms in total. The van der Waals surface area contributed by atoms with E-state index in [1.807, 2.05) is 13.0 Å². The first-order valence-corrected chi connectivity index (χ1v) is 12.0. The molecule has 2 N–H and O–H groups in total. The van der Waals surface area contributed by atoms with Crippen molar-refractivity contribution >= 4 is 28.6 Å². The van der Waals surface area contributed by atoms with Crippen molar-refractivity contribution in [2.24, 2.45) is 5.41 Å². The van der Waals surface area contributed by atoms with E-state index in [4.69, 9.17) is 4.89 Å². The fraction of sp³-hybridized carbons (Fsp3) is 0.647. The van der Waals surface area contributed by atoms with E-state index >= 15 is 0 Å². The van der Waals surface area contributed by atoms with Gasteiger partial charge in [-0.3, -0.25) is 4.52 Å². The van der Waals surface area contributed by atoms with Gasteiger partial charge in [0.1, 0.15) is 0 Å². The summed E-state index contributed by atoms with van der Waals surface area (Å²) in [6.07, 6.45) is 10.5. The van der Waals surface area contributed by atoms with Gasteiger partial charge in [-0.1, -0.05) is 49.6 Å². The van der Waals surface area contributed by atoms with Crippen molar-refractivity contribution in [1.82, 2.24) is 0 Å². The Bertz CT molecular complexity index is 633. The monoisotopic (exact) mass is 442 g/mol. The van der Waals surface area contributed by atoms with Crippen LogP contribution in [0.4, 0.5) is 0 Å². The summed E-state index contributed by atoms with van der Waals surface area (Å²) in [7, 11) is -9.44. The second-order valence-corrected chi connectivity index (χ2v) is 10.3. The number of hydrogen-bond acceptors (Lipinski definition) is 6. The molecule has 158 valence electrons. The van der Waals surface area contributed by atoms with Crippen LogP contribution in [0, 0.1) is 5.41 Å². The van der Waals surface area contributed by atoms with Crippen LogP contribution < -0.4 is 0 Å². The lowest BCUT2D eigenvalue weighted by Gasteiger charge is -2.27. The average Bonchev–Trinajstić information content (AvgIpc) is 2.53. The van der Waals surface area contributed by atoms with E-state index in [0.717, 1.165) is 37.7 Å². The Balaban J connectivity index is 4.46. The van der Waals surface area contributed by atoms with Crippen LogP contribution in [0.5, 0.6) is 0 Å². The normalized spacial score (nSPS) is 19.8. The lowest BCUT2D eigenvalue weighted by atomic mass is 9.78. The Hall–Kier alpha value is -0.170. The van der Waals surface area contributed by atoms with Gasteiger partial charge < -0.3 is 9.79 Å². The van der Waals surface area contributed by atoms with Gasteiger partial charge in [-0.15, -0.1) is 6.58 Å². The summed E-state index contributed by atoms with van der Waals surface area (Å²) in [6.45, 7) is 12.0. The number of rotatable bonds is 14. The molecule has 10 heteroatoms. The van der Waals surface area contributed by atoms with Gasteiger partial charge in [0.05, 0.1) is 6.61 Å². The van der Waals surface area contributed by atoms with Gasteiger partial charge in [-0.2, -0.15) is 4.31 Å². The van der Waals surface area contributed by atoms with Crippen molar-refractivity contribution < 1.29 is 31.7 Å². The standard InChI is InChI=1S/C17H32O7P2S/c1-6-12-17(5,7-2)14-16(4)10-8-9-15(3)11-13-22-25(18,19)23-26(20,21)24-27/h6,10-11,27H,1,7-9,12-14H2,2-5H3,(H,18,19)(H,20,21). The molecule has 27 heavy (non-hydrogen) atoms. The molecule has 0 fully saturated rings. The molecule has 0 aliphatic rings. The van der Waals surface area contributed by atoms with Crippen LogP contribution in [0.3, 0.4) is 0 Å². The van der Waals surface area contributed by atoms with Gasteiger partial charge in [0, 0.05) is 0 Å². The molecule has 0 rings (SSSR count). The van der Waals surface area contributed by atoms with Gasteiger partial charge in [0.15, 0.2) is 0 Å². The number of hydrogen-bond donors (Lipinski definition) is 3. The van der Waals surface area contributed by atoms with E-state index in [1.54, 1.807) is 6.08 Å². The molecule has 0 aliphatic heterocycles. The van der Waals surface area contributed by atoms with Gasteiger partial charge in [0.25, 0.3) is 0 Å². The summed E-state index contributed by atoms with van der Waals surface area (Å²) in [5.74, 6) is 0. The minimum absolute atomic E-state index is 0.228. The van der Waals surface area contributed by atoms with Crippen LogP contribution in [-0.2, 0) is 21.9 Å². The van der Waals surface area contributed by atoms with Crippen molar-refractivity contribution in [2.45, 2.75) is 59.8 Å². The largest absolute Gasteiger partial charge is 0.492 e. The summed E-state index contributed by atoms with van der Waals surface area (Å²) < 4.78 is 35.0. The SMILES string of the molecule is C=CCC(C)(CC)CC(C)=CCCC(C)=CCOP(=O)(O)OP(=O)(O)OS. The molecule has 3 unspecified atom stereocenters. The Morgan fingerprint density at radius 2 is 1.81 bits per heavy atom. The molecule has 0 radical (unpaired) electrons. The summed E-state index contributed by atoms with van der Waals surface area (Å²) >= 11 is 3.09. The third-order valence-corrected chi connectivity index (χ3v) is 7.16. The van der Waals surface area contributed by atoms with Crippen molar-refractivity contribution in [3.05, 3.63) is 36.0 Å². The molecular weight excluding hydrogens is 410 g/mol. The van der Waals surface area contributed by atoms with Crippen LogP contribution in [0.15, 0.2) is 36.0 Å². The quantitative estimate of drug-likeness (QED) is 0.129. The second-order valence-electron chi connectivity index (χ2n) is 6.87. The molecule has 0 heterocycles. The van der Waals surface area contributed by atoms with Gasteiger partial charge in [-0.25, -0.2) is 13.1 Å². The highest BCUT2D eigenvalue weighted by atomic mass is 32.1. The first-order chi connectivity index (χ1) is 12.4. The minimum atomic E-state index is -4.72. The predicted molar refractivity (Wildman–Crippen MR) is 111 cm³/mol. The highest BCUT2D eigenvalue weighted by molar-refractivity contribution is 7.81. The molecule has 0 spiro atoms. The molecule has 0 bridgehead atoms. The zero-order chi connectivity index (χ0) is 21.1. The lowest BCUT2D eigenvalue weighted by molar-refractivity contribution is 0.197. The molecule has 0 aliphatic carbocycles. The average molecular weight is 442 g/mol. The molecule has 0 saturated heterocycles.